The van der Waals surface area contributed by atoms with Gasteiger partial charge in [0.1, 0.15) is 7.11 Å². The van der Waals surface area contributed by atoms with E-state index in [0.717, 1.165) is 0 Å². The Kier molecular flexibility index (Phi) is 4.21. The van der Waals surface area contributed by atoms with Gasteiger partial charge in [-0.05, 0) is 40.3 Å². The summed E-state index contributed by atoms with van der Waals surface area (Å²) in [6.45, 7) is 2.09. The Hall–Kier alpha value is -0.580. The van der Waals surface area contributed by atoms with Crippen molar-refractivity contribution >= 4 is 28.8 Å². The number of rotatable bonds is 3. The average Bonchev–Trinajstić information content (AvgIpc) is 2.14. The molecule has 0 N–H and O–H groups in total. The number of halogens is 1. The minimum absolute atomic E-state index is 0.301. The zero-order chi connectivity index (χ0) is 9.68. The van der Waals surface area contributed by atoms with E-state index in [-0.39, 0.29) is 0 Å². The zero-order valence-corrected chi connectivity index (χ0v) is 9.86. The molecule has 0 aliphatic heterocycles. The van der Waals surface area contributed by atoms with Crippen molar-refractivity contribution in [3.8, 4) is 0 Å². The van der Waals surface area contributed by atoms with Gasteiger partial charge in [0.25, 0.3) is 0 Å². The van der Waals surface area contributed by atoms with Crippen molar-refractivity contribution in [1.29, 1.82) is 0 Å². The minimum Gasteiger partial charge on any atom is -0.399 e. The fraction of sp³-hybridized carbons (Fsp3) is 0.300. The van der Waals surface area contributed by atoms with Crippen molar-refractivity contribution in [3.05, 3.63) is 33.4 Å². The summed E-state index contributed by atoms with van der Waals surface area (Å²) in [5.74, 6) is 0.301. The highest BCUT2D eigenvalue weighted by molar-refractivity contribution is 14.1. The van der Waals surface area contributed by atoms with Crippen molar-refractivity contribution in [1.82, 2.24) is 0 Å². The Labute approximate surface area is 92.1 Å². The van der Waals surface area contributed by atoms with Crippen LogP contribution in [0, 0.1) is 3.57 Å². The third kappa shape index (κ3) is 3.34. The van der Waals surface area contributed by atoms with Gasteiger partial charge < -0.3 is 4.84 Å². The molecular formula is C10H12INO. The van der Waals surface area contributed by atoms with Crippen LogP contribution in [-0.2, 0) is 4.84 Å². The molecule has 1 aromatic rings. The van der Waals surface area contributed by atoms with Crippen LogP contribution in [0.4, 0.5) is 0 Å². The molecule has 0 aliphatic carbocycles. The first-order valence-corrected chi connectivity index (χ1v) is 5.14. The van der Waals surface area contributed by atoms with Crippen LogP contribution in [0.5, 0.6) is 0 Å². The third-order valence-corrected chi connectivity index (χ3v) is 2.44. The lowest BCUT2D eigenvalue weighted by atomic mass is 10.0. The molecule has 0 aliphatic rings. The van der Waals surface area contributed by atoms with Crippen LogP contribution in [-0.4, -0.2) is 13.3 Å². The number of nitrogens with zero attached hydrogens (tertiary/aromatic N) is 1. The second-order valence-electron chi connectivity index (χ2n) is 2.78. The fourth-order valence-corrected chi connectivity index (χ4v) is 1.60. The molecule has 1 rings (SSSR count). The second-order valence-corrected chi connectivity index (χ2v) is 4.03. The van der Waals surface area contributed by atoms with Crippen LogP contribution in [0.25, 0.3) is 0 Å². The van der Waals surface area contributed by atoms with E-state index in [9.17, 15) is 0 Å². The van der Waals surface area contributed by atoms with Crippen LogP contribution in [0.3, 0.4) is 0 Å². The molecule has 0 bridgehead atoms. The molecule has 1 aromatic carbocycles. The van der Waals surface area contributed by atoms with Crippen molar-refractivity contribution in [2.24, 2.45) is 5.16 Å². The van der Waals surface area contributed by atoms with Gasteiger partial charge in [0, 0.05) is 9.49 Å². The molecule has 0 radical (unpaired) electrons. The number of oxime groups is 1. The number of benzene rings is 1. The Bertz CT molecular complexity index is 299. The smallest absolute Gasteiger partial charge is 0.106 e. The maximum atomic E-state index is 4.63. The molecule has 0 heterocycles. The van der Waals surface area contributed by atoms with Crippen molar-refractivity contribution < 1.29 is 4.84 Å². The Morgan fingerprint density at radius 3 is 2.92 bits per heavy atom. The molecule has 0 fully saturated rings. The minimum atomic E-state index is 0.301. The predicted octanol–water partition coefficient (Wildman–Crippen LogP) is 3.03. The third-order valence-electron chi connectivity index (χ3n) is 1.76. The van der Waals surface area contributed by atoms with Crippen molar-refractivity contribution in [2.45, 2.75) is 12.8 Å². The predicted molar refractivity (Wildman–Crippen MR) is 63.1 cm³/mol. The van der Waals surface area contributed by atoms with Crippen LogP contribution in [0.15, 0.2) is 29.4 Å². The summed E-state index contributed by atoms with van der Waals surface area (Å²) in [6, 6.07) is 8.36. The Morgan fingerprint density at radius 1 is 1.54 bits per heavy atom. The van der Waals surface area contributed by atoms with Crippen LogP contribution < -0.4 is 0 Å². The maximum absolute atomic E-state index is 4.63. The highest BCUT2D eigenvalue weighted by Gasteiger charge is 2.01. The van der Waals surface area contributed by atoms with E-state index >= 15 is 0 Å². The average molecular weight is 289 g/mol. The lowest BCUT2D eigenvalue weighted by molar-refractivity contribution is 0.214. The summed E-state index contributed by atoms with van der Waals surface area (Å²) in [4.78, 5) is 4.63. The lowest BCUT2D eigenvalue weighted by Crippen LogP contribution is -1.95. The number of hydrogen-bond donors (Lipinski definition) is 0. The highest BCUT2D eigenvalue weighted by Crippen LogP contribution is 2.15. The topological polar surface area (TPSA) is 21.6 Å². The normalized spacial score (nSPS) is 13.2. The summed E-state index contributed by atoms with van der Waals surface area (Å²) in [7, 11) is 1.55. The van der Waals surface area contributed by atoms with E-state index in [2.05, 4.69) is 57.7 Å². The summed E-state index contributed by atoms with van der Waals surface area (Å²) >= 11 is 2.30. The molecule has 0 amide bonds. The van der Waals surface area contributed by atoms with Crippen LogP contribution in [0.1, 0.15) is 18.4 Å². The van der Waals surface area contributed by atoms with Gasteiger partial charge in [-0.2, -0.15) is 0 Å². The molecule has 1 atom stereocenters. The van der Waals surface area contributed by atoms with Gasteiger partial charge in [0.15, 0.2) is 0 Å². The van der Waals surface area contributed by atoms with E-state index < -0.39 is 0 Å². The monoisotopic (exact) mass is 289 g/mol. The fourth-order valence-electron chi connectivity index (χ4n) is 1.03. The largest absolute Gasteiger partial charge is 0.399 e. The lowest BCUT2D eigenvalue weighted by Gasteiger charge is -2.05. The molecule has 0 aromatic heterocycles. The van der Waals surface area contributed by atoms with Crippen molar-refractivity contribution in [2.75, 3.05) is 7.11 Å². The summed E-state index contributed by atoms with van der Waals surface area (Å²) in [5, 5.41) is 3.75. The molecule has 2 nitrogen and oxygen atoms in total. The van der Waals surface area contributed by atoms with Gasteiger partial charge in [-0.15, -0.1) is 0 Å². The summed E-state index contributed by atoms with van der Waals surface area (Å²) in [5.41, 5.74) is 1.26. The van der Waals surface area contributed by atoms with E-state index in [1.165, 1.54) is 9.13 Å². The van der Waals surface area contributed by atoms with Gasteiger partial charge >= 0.3 is 0 Å². The van der Waals surface area contributed by atoms with Gasteiger partial charge in [-0.1, -0.05) is 24.2 Å². The second kappa shape index (κ2) is 5.21. The van der Waals surface area contributed by atoms with E-state index in [4.69, 9.17) is 0 Å². The SMILES string of the molecule is CON=CC(C)c1cccc(I)c1. The molecular weight excluding hydrogens is 277 g/mol. The summed E-state index contributed by atoms with van der Waals surface area (Å²) in [6.07, 6.45) is 1.80. The van der Waals surface area contributed by atoms with E-state index in [1.54, 1.807) is 13.3 Å². The zero-order valence-electron chi connectivity index (χ0n) is 7.70. The van der Waals surface area contributed by atoms with Gasteiger partial charge in [0.05, 0.1) is 6.21 Å². The Balaban J connectivity index is 2.76. The van der Waals surface area contributed by atoms with E-state index in [0.29, 0.717) is 5.92 Å². The first kappa shape index (κ1) is 10.5. The molecule has 70 valence electrons. The molecule has 13 heavy (non-hydrogen) atoms. The molecule has 3 heteroatoms. The van der Waals surface area contributed by atoms with E-state index in [1.807, 2.05) is 6.07 Å². The number of hydrogen-bond acceptors (Lipinski definition) is 2. The highest BCUT2D eigenvalue weighted by atomic mass is 127. The molecule has 0 spiro atoms. The van der Waals surface area contributed by atoms with Crippen molar-refractivity contribution in [3.63, 3.8) is 0 Å². The quantitative estimate of drug-likeness (QED) is 0.476. The molecule has 1 unspecified atom stereocenters. The molecule has 0 saturated carbocycles. The van der Waals surface area contributed by atoms with Crippen LogP contribution in [0.2, 0.25) is 0 Å². The van der Waals surface area contributed by atoms with Crippen LogP contribution >= 0.6 is 22.6 Å². The summed E-state index contributed by atoms with van der Waals surface area (Å²) < 4.78 is 1.24. The van der Waals surface area contributed by atoms with Gasteiger partial charge in [-0.25, -0.2) is 0 Å². The standard InChI is InChI=1S/C10H12INO/c1-8(7-12-13-2)9-4-3-5-10(11)6-9/h3-8H,1-2H3. The Morgan fingerprint density at radius 2 is 2.31 bits per heavy atom. The van der Waals surface area contributed by atoms with Gasteiger partial charge in [-0.3, -0.25) is 0 Å². The first-order valence-electron chi connectivity index (χ1n) is 4.06. The molecule has 0 saturated heterocycles. The first-order chi connectivity index (χ1) is 6.24. The maximum Gasteiger partial charge on any atom is 0.106 e. The van der Waals surface area contributed by atoms with Gasteiger partial charge in [0.2, 0.25) is 0 Å².